The Kier molecular flexibility index (Phi) is 6.87. The largest absolute Gasteiger partial charge is 0.504 e. The lowest BCUT2D eigenvalue weighted by molar-refractivity contribution is 0.0918. The molecule has 1 fully saturated rings. The first-order chi connectivity index (χ1) is 14.0. The van der Waals surface area contributed by atoms with E-state index in [0.717, 1.165) is 44.5 Å². The van der Waals surface area contributed by atoms with E-state index in [4.69, 9.17) is 4.74 Å². The second-order valence-electron chi connectivity index (χ2n) is 7.67. The van der Waals surface area contributed by atoms with Crippen molar-refractivity contribution in [1.29, 1.82) is 0 Å². The van der Waals surface area contributed by atoms with Crippen LogP contribution in [0.1, 0.15) is 41.6 Å². The minimum atomic E-state index is -0.487. The molecule has 0 atom stereocenters. The lowest BCUT2D eigenvalue weighted by atomic mass is 9.73. The first-order valence-corrected chi connectivity index (χ1v) is 9.97. The Balaban J connectivity index is 1.54. The molecule has 2 aromatic rings. The van der Waals surface area contributed by atoms with Gasteiger partial charge in [-0.1, -0.05) is 12.1 Å². The number of aliphatic hydroxyl groups excluding tert-OH is 1. The second kappa shape index (κ2) is 9.37. The number of phenols is 1. The first-order valence-electron chi connectivity index (χ1n) is 9.97. The van der Waals surface area contributed by atoms with Crippen molar-refractivity contribution in [2.45, 2.75) is 31.1 Å². The molecule has 2 N–H and O–H groups in total. The molecule has 0 aliphatic carbocycles. The maximum atomic E-state index is 13.0. The number of halogens is 1. The van der Waals surface area contributed by atoms with Crippen LogP contribution >= 0.6 is 0 Å². The van der Waals surface area contributed by atoms with Crippen LogP contribution in [0, 0.1) is 5.82 Å². The highest BCUT2D eigenvalue weighted by Gasteiger charge is 2.38. The fourth-order valence-electron chi connectivity index (χ4n) is 4.08. The van der Waals surface area contributed by atoms with Gasteiger partial charge < -0.3 is 19.8 Å². The fourth-order valence-corrected chi connectivity index (χ4v) is 4.08. The Labute approximate surface area is 170 Å². The third-order valence-electron chi connectivity index (χ3n) is 5.95. The van der Waals surface area contributed by atoms with Gasteiger partial charge in [0, 0.05) is 23.0 Å². The Bertz CT molecular complexity index is 829. The number of carbonyl (C=O) groups is 1. The number of methoxy groups -OCH3 is 1. The van der Waals surface area contributed by atoms with Crippen LogP contribution in [0.15, 0.2) is 42.5 Å². The summed E-state index contributed by atoms with van der Waals surface area (Å²) in [5.74, 6) is 0.191. The number of benzene rings is 2. The summed E-state index contributed by atoms with van der Waals surface area (Å²) in [5.41, 5.74) is 0.780. The van der Waals surface area contributed by atoms with E-state index < -0.39 is 5.41 Å². The number of hydrogen-bond acceptors (Lipinski definition) is 5. The third-order valence-corrected chi connectivity index (χ3v) is 5.95. The van der Waals surface area contributed by atoms with Crippen LogP contribution in [0.25, 0.3) is 0 Å². The van der Waals surface area contributed by atoms with Gasteiger partial charge in [-0.2, -0.15) is 0 Å². The highest BCUT2D eigenvalue weighted by Crippen LogP contribution is 2.43. The molecule has 0 spiro atoms. The standard InChI is InChI=1S/C23H28FNO4/c1-29-21-6-2-4-19(22(21)28)23(16-26)11-14-25(15-12-23)13-3-5-20(27)17-7-9-18(24)10-8-17/h2,4,6-10,26,28H,3,5,11-16H2,1H3. The molecule has 0 bridgehead atoms. The number of carbonyl (C=O) groups excluding carboxylic acids is 1. The number of likely N-dealkylation sites (tertiary alicyclic amines) is 1. The summed E-state index contributed by atoms with van der Waals surface area (Å²) in [6, 6.07) is 11.0. The number of piperidine rings is 1. The minimum Gasteiger partial charge on any atom is -0.504 e. The van der Waals surface area contributed by atoms with E-state index in [1.165, 1.54) is 31.4 Å². The van der Waals surface area contributed by atoms with Crippen molar-refractivity contribution < 1.29 is 24.1 Å². The van der Waals surface area contributed by atoms with Gasteiger partial charge in [0.2, 0.25) is 0 Å². The number of aliphatic hydroxyl groups is 1. The summed E-state index contributed by atoms with van der Waals surface area (Å²) in [7, 11) is 1.51. The number of rotatable bonds is 8. The van der Waals surface area contributed by atoms with E-state index in [0.29, 0.717) is 17.7 Å². The van der Waals surface area contributed by atoms with E-state index in [2.05, 4.69) is 4.90 Å². The fraction of sp³-hybridized carbons (Fsp3) is 0.435. The second-order valence-corrected chi connectivity index (χ2v) is 7.67. The average molecular weight is 401 g/mol. The molecular formula is C23H28FNO4. The number of hydrogen-bond donors (Lipinski definition) is 2. The summed E-state index contributed by atoms with van der Waals surface area (Å²) >= 11 is 0. The lowest BCUT2D eigenvalue weighted by Crippen LogP contribution is -2.45. The molecule has 3 rings (SSSR count). The zero-order valence-electron chi connectivity index (χ0n) is 16.7. The van der Waals surface area contributed by atoms with Crippen LogP contribution in [-0.2, 0) is 5.41 Å². The maximum Gasteiger partial charge on any atom is 0.162 e. The molecule has 5 nitrogen and oxygen atoms in total. The average Bonchev–Trinajstić information content (AvgIpc) is 2.75. The van der Waals surface area contributed by atoms with Crippen molar-refractivity contribution in [3.05, 3.63) is 59.4 Å². The van der Waals surface area contributed by atoms with Crippen molar-refractivity contribution in [3.63, 3.8) is 0 Å². The smallest absolute Gasteiger partial charge is 0.162 e. The van der Waals surface area contributed by atoms with Crippen molar-refractivity contribution in [2.24, 2.45) is 0 Å². The zero-order chi connectivity index (χ0) is 20.9. The molecule has 6 heteroatoms. The van der Waals surface area contributed by atoms with E-state index in [1.54, 1.807) is 6.07 Å². The number of para-hydroxylation sites is 1. The normalized spacial score (nSPS) is 16.5. The van der Waals surface area contributed by atoms with Crippen LogP contribution in [0.2, 0.25) is 0 Å². The Morgan fingerprint density at radius 3 is 2.48 bits per heavy atom. The Morgan fingerprint density at radius 2 is 1.86 bits per heavy atom. The Hall–Kier alpha value is -2.44. The molecule has 0 amide bonds. The molecule has 156 valence electrons. The van der Waals surface area contributed by atoms with Crippen molar-refractivity contribution in [1.82, 2.24) is 4.90 Å². The first kappa shape index (κ1) is 21.3. The number of Topliss-reactive ketones (excluding diaryl/α,β-unsaturated/α-hetero) is 1. The topological polar surface area (TPSA) is 70.0 Å². The van der Waals surface area contributed by atoms with Gasteiger partial charge in [0.1, 0.15) is 5.82 Å². The van der Waals surface area contributed by atoms with Crippen molar-refractivity contribution >= 4 is 5.78 Å². The quantitative estimate of drug-likeness (QED) is 0.663. The predicted octanol–water partition coefficient (Wildman–Crippen LogP) is 3.53. The van der Waals surface area contributed by atoms with Gasteiger partial charge in [-0.15, -0.1) is 0 Å². The van der Waals surface area contributed by atoms with Crippen LogP contribution in [-0.4, -0.2) is 54.2 Å². The van der Waals surface area contributed by atoms with E-state index in [-0.39, 0.29) is 24.0 Å². The molecule has 1 aliphatic heterocycles. The molecular weight excluding hydrogens is 373 g/mol. The molecule has 0 aromatic heterocycles. The minimum absolute atomic E-state index is 0.0213. The third kappa shape index (κ3) is 4.77. The van der Waals surface area contributed by atoms with Gasteiger partial charge in [0.05, 0.1) is 13.7 Å². The van der Waals surface area contributed by atoms with Gasteiger partial charge in [-0.25, -0.2) is 4.39 Å². The van der Waals surface area contributed by atoms with Crippen LogP contribution in [0.3, 0.4) is 0 Å². The molecule has 1 saturated heterocycles. The maximum absolute atomic E-state index is 13.0. The molecule has 29 heavy (non-hydrogen) atoms. The van der Waals surface area contributed by atoms with Crippen molar-refractivity contribution in [2.75, 3.05) is 33.4 Å². The van der Waals surface area contributed by atoms with Crippen LogP contribution in [0.4, 0.5) is 4.39 Å². The van der Waals surface area contributed by atoms with Crippen molar-refractivity contribution in [3.8, 4) is 11.5 Å². The SMILES string of the molecule is COc1cccc(C2(CO)CCN(CCCC(=O)c3ccc(F)cc3)CC2)c1O. The van der Waals surface area contributed by atoms with E-state index in [1.807, 2.05) is 12.1 Å². The monoisotopic (exact) mass is 401 g/mol. The molecule has 0 radical (unpaired) electrons. The number of aromatic hydroxyl groups is 1. The van der Waals surface area contributed by atoms with E-state index in [9.17, 15) is 19.4 Å². The molecule has 1 aliphatic rings. The van der Waals surface area contributed by atoms with Gasteiger partial charge in [-0.05, 0) is 69.2 Å². The molecule has 0 saturated carbocycles. The van der Waals surface area contributed by atoms with Crippen LogP contribution in [0.5, 0.6) is 11.5 Å². The highest BCUT2D eigenvalue weighted by atomic mass is 19.1. The van der Waals surface area contributed by atoms with Gasteiger partial charge >= 0.3 is 0 Å². The molecule has 0 unspecified atom stereocenters. The van der Waals surface area contributed by atoms with Gasteiger partial charge in [0.15, 0.2) is 17.3 Å². The number of ketones is 1. The summed E-state index contributed by atoms with van der Waals surface area (Å²) in [5, 5.41) is 20.6. The number of nitrogens with zero attached hydrogens (tertiary/aromatic N) is 1. The van der Waals surface area contributed by atoms with Gasteiger partial charge in [0.25, 0.3) is 0 Å². The number of ether oxygens (including phenoxy) is 1. The van der Waals surface area contributed by atoms with Crippen LogP contribution < -0.4 is 4.74 Å². The lowest BCUT2D eigenvalue weighted by Gasteiger charge is -2.41. The Morgan fingerprint density at radius 1 is 1.17 bits per heavy atom. The van der Waals surface area contributed by atoms with Gasteiger partial charge in [-0.3, -0.25) is 4.79 Å². The van der Waals surface area contributed by atoms with E-state index >= 15 is 0 Å². The summed E-state index contributed by atoms with van der Waals surface area (Å²) < 4.78 is 18.2. The molecule has 2 aromatic carbocycles. The molecule has 1 heterocycles. The predicted molar refractivity (Wildman–Crippen MR) is 109 cm³/mol. The number of phenolic OH excluding ortho intramolecular Hbond substituents is 1. The summed E-state index contributed by atoms with van der Waals surface area (Å²) in [6.45, 7) is 2.31. The summed E-state index contributed by atoms with van der Waals surface area (Å²) in [6.07, 6.45) is 2.59. The highest BCUT2D eigenvalue weighted by molar-refractivity contribution is 5.95. The zero-order valence-corrected chi connectivity index (χ0v) is 16.7. The summed E-state index contributed by atoms with van der Waals surface area (Å²) in [4.78, 5) is 14.5.